The van der Waals surface area contributed by atoms with E-state index < -0.39 is 0 Å². The van der Waals surface area contributed by atoms with Gasteiger partial charge in [0, 0.05) is 26.5 Å². The maximum atomic E-state index is 5.95. The number of rotatable bonds is 4. The molecule has 0 bridgehead atoms. The fraction of sp³-hybridized carbons (Fsp3) is 0.714. The van der Waals surface area contributed by atoms with Crippen molar-refractivity contribution in [3.8, 4) is 0 Å². The van der Waals surface area contributed by atoms with Gasteiger partial charge in [-0.15, -0.1) is 11.6 Å². The largest absolute Gasteiger partial charge is 0.379 e. The number of halogens is 1. The fourth-order valence-corrected chi connectivity index (χ4v) is 3.60. The molecular formula is C14H21ClN4O. The summed E-state index contributed by atoms with van der Waals surface area (Å²) in [6.45, 7) is 2.01. The Morgan fingerprint density at radius 2 is 2.20 bits per heavy atom. The lowest BCUT2D eigenvalue weighted by Crippen LogP contribution is -2.23. The van der Waals surface area contributed by atoms with Crippen LogP contribution in [0.5, 0.6) is 0 Å². The van der Waals surface area contributed by atoms with Crippen molar-refractivity contribution in [1.82, 2.24) is 19.3 Å². The van der Waals surface area contributed by atoms with Crippen molar-refractivity contribution < 1.29 is 4.74 Å². The van der Waals surface area contributed by atoms with Crippen molar-refractivity contribution in [1.29, 1.82) is 0 Å². The number of fused-ring (bicyclic) bond motifs is 1. The molecule has 2 aromatic rings. The zero-order valence-corrected chi connectivity index (χ0v) is 13.0. The van der Waals surface area contributed by atoms with Gasteiger partial charge < -0.3 is 9.30 Å². The second-order valence-corrected chi connectivity index (χ2v) is 5.87. The van der Waals surface area contributed by atoms with Gasteiger partial charge in [0.05, 0.1) is 17.8 Å². The quantitative estimate of drug-likeness (QED) is 0.815. The Labute approximate surface area is 123 Å². The minimum absolute atomic E-state index is 0.261. The molecule has 0 saturated heterocycles. The summed E-state index contributed by atoms with van der Waals surface area (Å²) in [7, 11) is 3.78. The number of methoxy groups -OCH3 is 1. The molecule has 1 aliphatic rings. The molecule has 2 heterocycles. The van der Waals surface area contributed by atoms with E-state index >= 15 is 0 Å². The van der Waals surface area contributed by atoms with Crippen LogP contribution in [0, 0.1) is 6.92 Å². The van der Waals surface area contributed by atoms with Gasteiger partial charge in [-0.1, -0.05) is 0 Å². The molecular weight excluding hydrogens is 276 g/mol. The van der Waals surface area contributed by atoms with E-state index in [1.165, 1.54) is 6.42 Å². The van der Waals surface area contributed by atoms with E-state index in [0.717, 1.165) is 41.9 Å². The summed E-state index contributed by atoms with van der Waals surface area (Å²) in [6, 6.07) is 0.345. The maximum Gasteiger partial charge on any atom is 0.159 e. The number of aryl methyl sites for hydroxylation is 3. The third kappa shape index (κ3) is 2.04. The molecule has 0 aromatic carbocycles. The number of aromatic nitrogens is 4. The van der Waals surface area contributed by atoms with Crippen LogP contribution in [0.3, 0.4) is 0 Å². The zero-order valence-electron chi connectivity index (χ0n) is 12.3. The van der Waals surface area contributed by atoms with Crippen LogP contribution in [0.1, 0.15) is 36.8 Å². The molecule has 5 nitrogen and oxygen atoms in total. The number of ether oxygens (including phenoxy) is 1. The van der Waals surface area contributed by atoms with Gasteiger partial charge in [0.2, 0.25) is 0 Å². The van der Waals surface area contributed by atoms with Gasteiger partial charge in [-0.2, -0.15) is 5.10 Å². The maximum absolute atomic E-state index is 5.95. The molecule has 0 N–H and O–H groups in total. The third-order valence-electron chi connectivity index (χ3n) is 4.28. The minimum atomic E-state index is 0.261. The van der Waals surface area contributed by atoms with Gasteiger partial charge in [-0.3, -0.25) is 4.68 Å². The smallest absolute Gasteiger partial charge is 0.159 e. The topological polar surface area (TPSA) is 44.9 Å². The first-order valence-electron chi connectivity index (χ1n) is 7.16. The van der Waals surface area contributed by atoms with Crippen molar-refractivity contribution >= 4 is 22.8 Å². The van der Waals surface area contributed by atoms with Crippen LogP contribution < -0.4 is 0 Å². The van der Waals surface area contributed by atoms with Crippen LogP contribution in [0.4, 0.5) is 0 Å². The molecule has 0 spiro atoms. The normalized spacial score (nSPS) is 23.0. The van der Waals surface area contributed by atoms with E-state index in [0.29, 0.717) is 11.9 Å². The molecule has 110 valence electrons. The standard InChI is InChI=1S/C14H21ClN4O/c1-9-13-14(18(2)17-9)19(12(16-13)7-8-15)10-5-4-6-11(10)20-3/h10-11H,4-8H2,1-3H3. The Morgan fingerprint density at radius 3 is 2.90 bits per heavy atom. The Hall–Kier alpha value is -1.07. The van der Waals surface area contributed by atoms with Gasteiger partial charge in [-0.25, -0.2) is 4.98 Å². The third-order valence-corrected chi connectivity index (χ3v) is 4.47. The Bertz CT molecular complexity index is 618. The number of imidazole rings is 1. The number of alkyl halides is 1. The summed E-state index contributed by atoms with van der Waals surface area (Å²) < 4.78 is 9.91. The SMILES string of the molecule is COC1CCCC1n1c(CCCl)nc2c(C)nn(C)c21. The minimum Gasteiger partial charge on any atom is -0.379 e. The molecule has 2 aromatic heterocycles. The average Bonchev–Trinajstić information content (AvgIpc) is 3.07. The predicted octanol–water partition coefficient (Wildman–Crippen LogP) is 2.60. The molecule has 0 amide bonds. The van der Waals surface area contributed by atoms with E-state index in [2.05, 4.69) is 9.67 Å². The van der Waals surface area contributed by atoms with Crippen molar-refractivity contribution in [3.05, 3.63) is 11.5 Å². The molecule has 1 saturated carbocycles. The van der Waals surface area contributed by atoms with Gasteiger partial charge in [-0.05, 0) is 26.2 Å². The van der Waals surface area contributed by atoms with Gasteiger partial charge in [0.25, 0.3) is 0 Å². The van der Waals surface area contributed by atoms with Crippen LogP contribution in [-0.4, -0.2) is 38.4 Å². The van der Waals surface area contributed by atoms with E-state index in [9.17, 15) is 0 Å². The van der Waals surface area contributed by atoms with Crippen molar-refractivity contribution in [3.63, 3.8) is 0 Å². The highest BCUT2D eigenvalue weighted by atomic mass is 35.5. The summed E-state index contributed by atoms with van der Waals surface area (Å²) >= 11 is 5.95. The van der Waals surface area contributed by atoms with Crippen LogP contribution in [-0.2, 0) is 18.2 Å². The number of hydrogen-bond acceptors (Lipinski definition) is 3. The van der Waals surface area contributed by atoms with Gasteiger partial charge >= 0.3 is 0 Å². The lowest BCUT2D eigenvalue weighted by molar-refractivity contribution is 0.0750. The summed E-state index contributed by atoms with van der Waals surface area (Å²) in [4.78, 5) is 4.78. The zero-order chi connectivity index (χ0) is 14.3. The molecule has 2 unspecified atom stereocenters. The monoisotopic (exact) mass is 296 g/mol. The Balaban J connectivity index is 2.17. The molecule has 2 atom stereocenters. The van der Waals surface area contributed by atoms with Gasteiger partial charge in [0.1, 0.15) is 11.3 Å². The van der Waals surface area contributed by atoms with Crippen molar-refractivity contribution in [2.45, 2.75) is 44.8 Å². The number of hydrogen-bond donors (Lipinski definition) is 0. The second-order valence-electron chi connectivity index (χ2n) is 5.49. The van der Waals surface area contributed by atoms with Crippen molar-refractivity contribution in [2.75, 3.05) is 13.0 Å². The lowest BCUT2D eigenvalue weighted by atomic mass is 10.2. The number of nitrogens with zero attached hydrogens (tertiary/aromatic N) is 4. The van der Waals surface area contributed by atoms with Crippen LogP contribution >= 0.6 is 11.6 Å². The van der Waals surface area contributed by atoms with E-state index in [-0.39, 0.29) is 6.10 Å². The summed E-state index contributed by atoms with van der Waals surface area (Å²) in [5, 5.41) is 4.49. The molecule has 3 rings (SSSR count). The lowest BCUT2D eigenvalue weighted by Gasteiger charge is -2.22. The van der Waals surface area contributed by atoms with Crippen LogP contribution in [0.15, 0.2) is 0 Å². The highest BCUT2D eigenvalue weighted by Gasteiger charge is 2.32. The highest BCUT2D eigenvalue weighted by Crippen LogP contribution is 2.36. The first-order chi connectivity index (χ1) is 9.67. The first-order valence-corrected chi connectivity index (χ1v) is 7.70. The van der Waals surface area contributed by atoms with E-state index in [4.69, 9.17) is 21.3 Å². The van der Waals surface area contributed by atoms with Crippen LogP contribution in [0.2, 0.25) is 0 Å². The molecule has 20 heavy (non-hydrogen) atoms. The Kier molecular flexibility index (Phi) is 3.73. The van der Waals surface area contributed by atoms with Crippen molar-refractivity contribution in [2.24, 2.45) is 7.05 Å². The summed E-state index contributed by atoms with van der Waals surface area (Å²) in [5.74, 6) is 1.64. The highest BCUT2D eigenvalue weighted by molar-refractivity contribution is 6.17. The van der Waals surface area contributed by atoms with Gasteiger partial charge in [0.15, 0.2) is 5.65 Å². The molecule has 1 aliphatic carbocycles. The fourth-order valence-electron chi connectivity index (χ4n) is 3.43. The summed E-state index contributed by atoms with van der Waals surface area (Å²) in [6.07, 6.45) is 4.47. The van der Waals surface area contributed by atoms with E-state index in [1.807, 2.05) is 18.7 Å². The molecule has 1 fully saturated rings. The summed E-state index contributed by atoms with van der Waals surface area (Å²) in [5.41, 5.74) is 3.06. The second kappa shape index (κ2) is 5.37. The average molecular weight is 297 g/mol. The first kappa shape index (κ1) is 13.9. The Morgan fingerprint density at radius 1 is 1.40 bits per heavy atom. The predicted molar refractivity (Wildman–Crippen MR) is 79.3 cm³/mol. The molecule has 0 radical (unpaired) electrons. The van der Waals surface area contributed by atoms with Crippen LogP contribution in [0.25, 0.3) is 11.2 Å². The molecule has 0 aliphatic heterocycles. The molecule has 6 heteroatoms. The van der Waals surface area contributed by atoms with E-state index in [1.54, 1.807) is 7.11 Å².